The standard InChI is InChI=1S/C21H38O.C14H26O.C7H14O/c1-5-8-11-13-18-16-21(4,15-12-9-6-2)17-20(22)19(18)14-10-7-3;1-4-6-8-10-13(3)12-14(15)11-9-7-5-2;1-3-4-5-6-7(2)8/h5-17H2,1-4H3;12H,4-11H2,1-3H3;3-6H2,1-2H3/b;13-12+;. The highest BCUT2D eigenvalue weighted by Gasteiger charge is 2.35. The van der Waals surface area contributed by atoms with Gasteiger partial charge in [-0.25, -0.2) is 0 Å². The Morgan fingerprint density at radius 1 is 0.600 bits per heavy atom. The van der Waals surface area contributed by atoms with Crippen LogP contribution >= 0.6 is 0 Å². The Labute approximate surface area is 282 Å². The van der Waals surface area contributed by atoms with Gasteiger partial charge in [0.1, 0.15) is 5.78 Å². The number of hydrogen-bond acceptors (Lipinski definition) is 3. The molecule has 45 heavy (non-hydrogen) atoms. The molecule has 0 N–H and O–H groups in total. The van der Waals surface area contributed by atoms with E-state index in [1.165, 1.54) is 132 Å². The molecule has 0 saturated carbocycles. The van der Waals surface area contributed by atoms with Crippen LogP contribution in [0.5, 0.6) is 0 Å². The molecule has 0 aromatic rings. The van der Waals surface area contributed by atoms with Crippen molar-refractivity contribution in [1.82, 2.24) is 0 Å². The number of ketones is 3. The molecule has 3 heteroatoms. The molecule has 0 heterocycles. The number of unbranched alkanes of at least 4 members (excludes halogenated alkanes) is 11. The molecule has 0 spiro atoms. The van der Waals surface area contributed by atoms with Crippen LogP contribution in [0.15, 0.2) is 22.8 Å². The Balaban J connectivity index is 0. The van der Waals surface area contributed by atoms with Gasteiger partial charge in [-0.2, -0.15) is 0 Å². The van der Waals surface area contributed by atoms with Crippen molar-refractivity contribution in [3.63, 3.8) is 0 Å². The summed E-state index contributed by atoms with van der Waals surface area (Å²) in [7, 11) is 0. The van der Waals surface area contributed by atoms with Gasteiger partial charge in [-0.15, -0.1) is 0 Å². The van der Waals surface area contributed by atoms with Gasteiger partial charge in [0.15, 0.2) is 11.6 Å². The first kappa shape index (κ1) is 45.6. The highest BCUT2D eigenvalue weighted by Crippen LogP contribution is 2.44. The van der Waals surface area contributed by atoms with Crippen molar-refractivity contribution >= 4 is 17.3 Å². The van der Waals surface area contributed by atoms with Crippen molar-refractivity contribution in [2.24, 2.45) is 5.41 Å². The molecule has 3 nitrogen and oxygen atoms in total. The second-order valence-electron chi connectivity index (χ2n) is 14.2. The van der Waals surface area contributed by atoms with E-state index < -0.39 is 0 Å². The van der Waals surface area contributed by atoms with Crippen molar-refractivity contribution in [1.29, 1.82) is 0 Å². The largest absolute Gasteiger partial charge is 0.300 e. The van der Waals surface area contributed by atoms with E-state index in [1.54, 1.807) is 6.92 Å². The maximum Gasteiger partial charge on any atom is 0.159 e. The van der Waals surface area contributed by atoms with Crippen molar-refractivity contribution in [2.75, 3.05) is 0 Å². The molecule has 0 fully saturated rings. The van der Waals surface area contributed by atoms with Crippen molar-refractivity contribution < 1.29 is 14.4 Å². The van der Waals surface area contributed by atoms with E-state index in [0.29, 0.717) is 17.3 Å². The maximum absolute atomic E-state index is 12.7. The Hall–Kier alpha value is -1.51. The summed E-state index contributed by atoms with van der Waals surface area (Å²) in [6, 6.07) is 0. The van der Waals surface area contributed by atoms with Gasteiger partial charge in [0, 0.05) is 19.3 Å². The number of carbonyl (C=O) groups excluding carboxylic acids is 3. The molecule has 1 aliphatic rings. The molecule has 0 amide bonds. The van der Waals surface area contributed by atoms with Gasteiger partial charge in [-0.1, -0.05) is 137 Å². The molecule has 0 saturated heterocycles. The van der Waals surface area contributed by atoms with E-state index in [1.807, 2.05) is 6.08 Å². The predicted octanol–water partition coefficient (Wildman–Crippen LogP) is 13.8. The third kappa shape index (κ3) is 27.3. The van der Waals surface area contributed by atoms with Gasteiger partial charge in [0.25, 0.3) is 0 Å². The van der Waals surface area contributed by atoms with Crippen molar-refractivity contribution in [3.8, 4) is 0 Å². The van der Waals surface area contributed by atoms with Gasteiger partial charge >= 0.3 is 0 Å². The van der Waals surface area contributed by atoms with Gasteiger partial charge < -0.3 is 4.79 Å². The fraction of sp³-hybridized carbons (Fsp3) is 0.833. The fourth-order valence-corrected chi connectivity index (χ4v) is 6.10. The van der Waals surface area contributed by atoms with Gasteiger partial charge in [0.05, 0.1) is 0 Å². The molecule has 0 bridgehead atoms. The summed E-state index contributed by atoms with van der Waals surface area (Å²) < 4.78 is 0. The van der Waals surface area contributed by atoms with E-state index in [2.05, 4.69) is 55.4 Å². The summed E-state index contributed by atoms with van der Waals surface area (Å²) >= 11 is 0. The second kappa shape index (κ2) is 31.1. The van der Waals surface area contributed by atoms with Gasteiger partial charge in [-0.3, -0.25) is 9.59 Å². The molecule has 264 valence electrons. The normalized spacial score (nSPS) is 16.6. The Kier molecular flexibility index (Phi) is 31.5. The van der Waals surface area contributed by atoms with Crippen LogP contribution < -0.4 is 0 Å². The molecule has 1 unspecified atom stereocenters. The molecule has 1 aliphatic carbocycles. The van der Waals surface area contributed by atoms with Gasteiger partial charge in [-0.05, 0) is 95.1 Å². The molecular formula is C42H78O3. The second-order valence-corrected chi connectivity index (χ2v) is 14.2. The summed E-state index contributed by atoms with van der Waals surface area (Å²) in [6.45, 7) is 19.3. The topological polar surface area (TPSA) is 51.2 Å². The number of hydrogen-bond donors (Lipinski definition) is 0. The van der Waals surface area contributed by atoms with Crippen LogP contribution in [0.2, 0.25) is 0 Å². The van der Waals surface area contributed by atoms with E-state index in [9.17, 15) is 14.4 Å². The molecule has 0 aliphatic heterocycles. The summed E-state index contributed by atoms with van der Waals surface area (Å²) in [5, 5.41) is 0. The van der Waals surface area contributed by atoms with Crippen molar-refractivity contribution in [2.45, 2.75) is 223 Å². The summed E-state index contributed by atoms with van der Waals surface area (Å²) in [4.78, 5) is 34.5. The third-order valence-corrected chi connectivity index (χ3v) is 8.98. The van der Waals surface area contributed by atoms with Crippen molar-refractivity contribution in [3.05, 3.63) is 22.8 Å². The minimum absolute atomic E-state index is 0.240. The van der Waals surface area contributed by atoms with Crippen LogP contribution in [0.25, 0.3) is 0 Å². The molecule has 0 radical (unpaired) electrons. The Morgan fingerprint density at radius 2 is 1.09 bits per heavy atom. The van der Waals surface area contributed by atoms with Crippen LogP contribution in [-0.4, -0.2) is 17.3 Å². The Bertz CT molecular complexity index is 818. The lowest BCUT2D eigenvalue weighted by atomic mass is 9.68. The van der Waals surface area contributed by atoms with Crippen LogP contribution in [0.3, 0.4) is 0 Å². The average molecular weight is 631 g/mol. The minimum atomic E-state index is 0.240. The first-order valence-electron chi connectivity index (χ1n) is 19.5. The quantitative estimate of drug-likeness (QED) is 0.0787. The van der Waals surface area contributed by atoms with E-state index in [0.717, 1.165) is 44.9 Å². The highest BCUT2D eigenvalue weighted by atomic mass is 16.1. The van der Waals surface area contributed by atoms with Crippen LogP contribution in [-0.2, 0) is 14.4 Å². The zero-order chi connectivity index (χ0) is 34.3. The fourth-order valence-electron chi connectivity index (χ4n) is 6.10. The first-order valence-corrected chi connectivity index (χ1v) is 19.5. The molecule has 1 atom stereocenters. The van der Waals surface area contributed by atoms with Gasteiger partial charge in [0.2, 0.25) is 0 Å². The predicted molar refractivity (Wildman–Crippen MR) is 199 cm³/mol. The summed E-state index contributed by atoms with van der Waals surface area (Å²) in [6.07, 6.45) is 30.5. The number of carbonyl (C=O) groups is 3. The SMILES string of the molecule is CCCCCC(=O)/C=C(\C)CCCCC.CCCCCC(C)=O.CCCCCC1=C(CCCC)C(=O)CC(C)(CCCCC)C1. The summed E-state index contributed by atoms with van der Waals surface area (Å²) in [5.41, 5.74) is 4.25. The lowest BCUT2D eigenvalue weighted by Gasteiger charge is -2.36. The molecule has 0 aromatic heterocycles. The maximum atomic E-state index is 12.7. The molecular weight excluding hydrogens is 552 g/mol. The number of allylic oxidation sites excluding steroid dienone is 4. The Morgan fingerprint density at radius 3 is 1.62 bits per heavy atom. The van der Waals surface area contributed by atoms with Crippen LogP contribution in [0.4, 0.5) is 0 Å². The zero-order valence-corrected chi connectivity index (χ0v) is 32.0. The van der Waals surface area contributed by atoms with Crippen LogP contribution in [0, 0.1) is 5.41 Å². The average Bonchev–Trinajstić information content (AvgIpc) is 2.98. The van der Waals surface area contributed by atoms with E-state index in [-0.39, 0.29) is 5.41 Å². The third-order valence-electron chi connectivity index (χ3n) is 8.98. The van der Waals surface area contributed by atoms with E-state index >= 15 is 0 Å². The lowest BCUT2D eigenvalue weighted by Crippen LogP contribution is -2.28. The zero-order valence-electron chi connectivity index (χ0n) is 32.0. The minimum Gasteiger partial charge on any atom is -0.300 e. The smallest absolute Gasteiger partial charge is 0.159 e. The summed E-state index contributed by atoms with van der Waals surface area (Å²) in [5.74, 6) is 1.11. The van der Waals surface area contributed by atoms with Crippen LogP contribution in [0.1, 0.15) is 223 Å². The first-order chi connectivity index (χ1) is 21.5. The number of Topliss-reactive ketones (excluding diaryl/α,β-unsaturated/α-hetero) is 2. The van der Waals surface area contributed by atoms with E-state index in [4.69, 9.17) is 0 Å². The monoisotopic (exact) mass is 631 g/mol. The highest BCUT2D eigenvalue weighted by molar-refractivity contribution is 5.97. The molecule has 0 aromatic carbocycles. The lowest BCUT2D eigenvalue weighted by molar-refractivity contribution is -0.119. The number of rotatable bonds is 24. The molecule has 1 rings (SSSR count).